The molecule has 0 spiro atoms. The van der Waals surface area contributed by atoms with E-state index in [1.54, 1.807) is 49.4 Å². The average molecular weight is 576 g/mol. The molecule has 3 aromatic carbocycles. The van der Waals surface area contributed by atoms with Crippen LogP contribution in [0.5, 0.6) is 5.88 Å². The van der Waals surface area contributed by atoms with E-state index in [0.717, 1.165) is 14.3 Å². The molecule has 1 heterocycles. The van der Waals surface area contributed by atoms with Crippen LogP contribution in [0.2, 0.25) is 5.02 Å². The number of hydrogen-bond donors (Lipinski definition) is 2. The van der Waals surface area contributed by atoms with Crippen molar-refractivity contribution in [1.82, 2.24) is 4.98 Å². The number of sulfonamides is 1. The maximum absolute atomic E-state index is 13.5. The number of rotatable bonds is 6. The van der Waals surface area contributed by atoms with E-state index in [1.807, 2.05) is 6.92 Å². The van der Waals surface area contributed by atoms with Crippen molar-refractivity contribution < 1.29 is 18.3 Å². The topological polar surface area (TPSA) is 115 Å². The van der Waals surface area contributed by atoms with Crippen LogP contribution in [0.15, 0.2) is 80.3 Å². The van der Waals surface area contributed by atoms with Gasteiger partial charge in [-0.1, -0.05) is 45.2 Å². The van der Waals surface area contributed by atoms with Crippen molar-refractivity contribution in [2.24, 2.45) is 10.2 Å². The van der Waals surface area contributed by atoms with Crippen LogP contribution in [0.3, 0.4) is 0 Å². The first-order chi connectivity index (χ1) is 16.6. The number of carbonyl (C=O) groups is 1. The monoisotopic (exact) mass is 574 g/mol. The van der Waals surface area contributed by atoms with Crippen LogP contribution < -0.4 is 4.31 Å². The smallest absolute Gasteiger partial charge is 0.285 e. The summed E-state index contributed by atoms with van der Waals surface area (Å²) in [5, 5.41) is 18.8. The first-order valence-electron chi connectivity index (χ1n) is 10.4. The lowest BCUT2D eigenvalue weighted by molar-refractivity contribution is -0.116. The highest BCUT2D eigenvalue weighted by Gasteiger charge is 2.28. The van der Waals surface area contributed by atoms with Gasteiger partial charge >= 0.3 is 0 Å². The molecule has 180 valence electrons. The van der Waals surface area contributed by atoms with E-state index in [-0.39, 0.29) is 22.2 Å². The normalized spacial score (nSPS) is 11.9. The van der Waals surface area contributed by atoms with Gasteiger partial charge in [0, 0.05) is 14.9 Å². The van der Waals surface area contributed by atoms with E-state index in [1.165, 1.54) is 18.2 Å². The molecule has 8 nitrogen and oxygen atoms in total. The highest BCUT2D eigenvalue weighted by atomic mass is 79.9. The number of anilines is 1. The van der Waals surface area contributed by atoms with Crippen LogP contribution in [0.25, 0.3) is 10.9 Å². The molecule has 0 unspecified atom stereocenters. The minimum absolute atomic E-state index is 0.0290. The van der Waals surface area contributed by atoms with Crippen molar-refractivity contribution in [2.75, 3.05) is 10.8 Å². The first-order valence-corrected chi connectivity index (χ1v) is 13.0. The predicted molar refractivity (Wildman–Crippen MR) is 139 cm³/mol. The summed E-state index contributed by atoms with van der Waals surface area (Å²) in [6.45, 7) is 2.95. The molecule has 0 aliphatic carbocycles. The largest absolute Gasteiger partial charge is 0.493 e. The molecule has 0 aliphatic heterocycles. The third kappa shape index (κ3) is 5.24. The number of hydrogen-bond acceptors (Lipinski definition) is 5. The van der Waals surface area contributed by atoms with Gasteiger partial charge in [0.1, 0.15) is 6.54 Å². The molecular formula is C24H20BrClN4O4S. The maximum Gasteiger partial charge on any atom is 0.285 e. The van der Waals surface area contributed by atoms with Gasteiger partial charge < -0.3 is 10.1 Å². The zero-order chi connectivity index (χ0) is 25.3. The Morgan fingerprint density at radius 1 is 1.09 bits per heavy atom. The van der Waals surface area contributed by atoms with Gasteiger partial charge in [0.05, 0.1) is 16.1 Å². The Labute approximate surface area is 215 Å². The van der Waals surface area contributed by atoms with Crippen LogP contribution in [0.1, 0.15) is 11.1 Å². The second-order valence-corrected chi connectivity index (χ2v) is 11.1. The molecule has 0 saturated heterocycles. The van der Waals surface area contributed by atoms with Crippen molar-refractivity contribution in [3.8, 4) is 5.88 Å². The Bertz CT molecular complexity index is 1570. The molecule has 0 fully saturated rings. The SMILES string of the molecule is Cc1ccc(S(=O)(=O)N(CC(=O)N=Nc2c(O)[nH]c3ccc(Br)cc23)c2ccc(Cl)cc2C)cc1. The average Bonchev–Trinajstić information content (AvgIpc) is 3.11. The Kier molecular flexibility index (Phi) is 6.98. The molecule has 1 aromatic heterocycles. The summed E-state index contributed by atoms with van der Waals surface area (Å²) in [6, 6.07) is 16.3. The van der Waals surface area contributed by atoms with Gasteiger partial charge in [-0.15, -0.1) is 10.2 Å². The van der Waals surface area contributed by atoms with Gasteiger partial charge in [0.15, 0.2) is 5.69 Å². The standard InChI is InChI=1S/C24H20BrClN4O4S/c1-14-3-7-18(8-4-14)35(33,34)30(21-10-6-17(26)11-15(21)2)13-22(31)28-29-23-19-12-16(25)5-9-20(19)27-24(23)32/h3-12,27,32H,13H2,1-2H3. The number of aromatic hydroxyl groups is 1. The Morgan fingerprint density at radius 3 is 2.49 bits per heavy atom. The summed E-state index contributed by atoms with van der Waals surface area (Å²) < 4.78 is 28.8. The predicted octanol–water partition coefficient (Wildman–Crippen LogP) is 6.41. The molecule has 0 radical (unpaired) electrons. The van der Waals surface area contributed by atoms with Crippen molar-refractivity contribution in [2.45, 2.75) is 18.7 Å². The van der Waals surface area contributed by atoms with E-state index >= 15 is 0 Å². The van der Waals surface area contributed by atoms with Gasteiger partial charge in [-0.05, 0) is 67.9 Å². The summed E-state index contributed by atoms with van der Waals surface area (Å²) in [6.07, 6.45) is 0. The number of azo groups is 1. The van der Waals surface area contributed by atoms with Gasteiger partial charge in [-0.2, -0.15) is 0 Å². The van der Waals surface area contributed by atoms with Crippen LogP contribution >= 0.6 is 27.5 Å². The fourth-order valence-electron chi connectivity index (χ4n) is 3.53. The van der Waals surface area contributed by atoms with Crippen molar-refractivity contribution in [3.05, 3.63) is 81.3 Å². The molecule has 0 aliphatic rings. The number of nitrogens with zero attached hydrogens (tertiary/aromatic N) is 3. The number of benzene rings is 3. The fourth-order valence-corrected chi connectivity index (χ4v) is 5.60. The summed E-state index contributed by atoms with van der Waals surface area (Å²) in [7, 11) is -4.12. The van der Waals surface area contributed by atoms with Gasteiger partial charge in [0.2, 0.25) is 5.88 Å². The molecule has 2 N–H and O–H groups in total. The molecule has 0 bridgehead atoms. The minimum Gasteiger partial charge on any atom is -0.493 e. The lowest BCUT2D eigenvalue weighted by atomic mass is 10.2. The molecule has 4 rings (SSSR count). The summed E-state index contributed by atoms with van der Waals surface area (Å²) in [5.41, 5.74) is 2.43. The number of aromatic nitrogens is 1. The maximum atomic E-state index is 13.5. The number of carbonyl (C=O) groups excluding carboxylic acids is 1. The molecule has 0 saturated carbocycles. The molecule has 35 heavy (non-hydrogen) atoms. The van der Waals surface area contributed by atoms with E-state index < -0.39 is 22.5 Å². The summed E-state index contributed by atoms with van der Waals surface area (Å²) in [5.74, 6) is -1.08. The van der Waals surface area contributed by atoms with E-state index in [9.17, 15) is 18.3 Å². The van der Waals surface area contributed by atoms with Gasteiger partial charge in [-0.3, -0.25) is 9.10 Å². The van der Waals surface area contributed by atoms with Crippen molar-refractivity contribution >= 4 is 65.7 Å². The second-order valence-electron chi connectivity index (χ2n) is 7.86. The van der Waals surface area contributed by atoms with Gasteiger partial charge in [-0.25, -0.2) is 8.42 Å². The lowest BCUT2D eigenvalue weighted by Crippen LogP contribution is -2.35. The van der Waals surface area contributed by atoms with Crippen LogP contribution in [-0.4, -0.2) is 31.0 Å². The zero-order valence-corrected chi connectivity index (χ0v) is 21.8. The quantitative estimate of drug-likeness (QED) is 0.258. The lowest BCUT2D eigenvalue weighted by Gasteiger charge is -2.24. The Hall–Kier alpha value is -3.21. The van der Waals surface area contributed by atoms with E-state index in [4.69, 9.17) is 11.6 Å². The third-order valence-electron chi connectivity index (χ3n) is 5.29. The number of aromatic amines is 1. The number of nitrogens with one attached hydrogen (secondary N) is 1. The summed E-state index contributed by atoms with van der Waals surface area (Å²) in [4.78, 5) is 15.6. The van der Waals surface area contributed by atoms with Crippen molar-refractivity contribution in [3.63, 3.8) is 0 Å². The minimum atomic E-state index is -4.12. The second kappa shape index (κ2) is 9.80. The highest BCUT2D eigenvalue weighted by molar-refractivity contribution is 9.10. The van der Waals surface area contributed by atoms with E-state index in [0.29, 0.717) is 21.5 Å². The van der Waals surface area contributed by atoms with Crippen LogP contribution in [-0.2, 0) is 14.8 Å². The number of aryl methyl sites for hydroxylation is 2. The summed E-state index contributed by atoms with van der Waals surface area (Å²) >= 11 is 9.42. The number of H-pyrrole nitrogens is 1. The Balaban J connectivity index is 1.71. The van der Waals surface area contributed by atoms with Gasteiger partial charge in [0.25, 0.3) is 15.9 Å². The van der Waals surface area contributed by atoms with E-state index in [2.05, 4.69) is 31.1 Å². The van der Waals surface area contributed by atoms with Crippen molar-refractivity contribution in [1.29, 1.82) is 0 Å². The number of halogens is 2. The number of amides is 1. The molecule has 0 atom stereocenters. The highest BCUT2D eigenvalue weighted by Crippen LogP contribution is 2.37. The molecular weight excluding hydrogens is 556 g/mol. The molecule has 4 aromatic rings. The fraction of sp³-hybridized carbons (Fsp3) is 0.125. The van der Waals surface area contributed by atoms with Crippen LogP contribution in [0.4, 0.5) is 11.4 Å². The number of fused-ring (bicyclic) bond motifs is 1. The molecule has 1 amide bonds. The zero-order valence-electron chi connectivity index (χ0n) is 18.7. The van der Waals surface area contributed by atoms with Crippen LogP contribution in [0, 0.1) is 13.8 Å². The Morgan fingerprint density at radius 2 is 1.80 bits per heavy atom. The first kappa shape index (κ1) is 24.9. The third-order valence-corrected chi connectivity index (χ3v) is 7.79. The molecule has 11 heteroatoms.